The number of piperazine rings is 1. The van der Waals surface area contributed by atoms with E-state index in [4.69, 9.17) is 33.4 Å². The summed E-state index contributed by atoms with van der Waals surface area (Å²) in [6, 6.07) is 20.9. The number of nitrogens with zero attached hydrogens (tertiary/aromatic N) is 8. The lowest BCUT2D eigenvalue weighted by Crippen LogP contribution is -2.60. The highest BCUT2D eigenvalue weighted by molar-refractivity contribution is 7.90. The highest BCUT2D eigenvalue weighted by Crippen LogP contribution is 2.54. The van der Waals surface area contributed by atoms with E-state index in [0.29, 0.717) is 93.6 Å². The Balaban J connectivity index is 0.720. The fraction of sp³-hybridized carbons (Fsp3) is 0.500. The quantitative estimate of drug-likeness (QED) is 0.0755. The third-order valence-corrected chi connectivity index (χ3v) is 22.8. The number of hydrogen-bond donors (Lipinski definition) is 3. The molecule has 3 aromatic carbocycles. The highest BCUT2D eigenvalue weighted by atomic mass is 32.2. The summed E-state index contributed by atoms with van der Waals surface area (Å²) in [5, 5.41) is 16.7. The number of morpholine rings is 1. The van der Waals surface area contributed by atoms with E-state index < -0.39 is 47.6 Å². The molecule has 14 rings (SSSR count). The highest BCUT2D eigenvalue weighted by Gasteiger charge is 2.51. The Morgan fingerprint density at radius 2 is 1.66 bits per heavy atom. The summed E-state index contributed by atoms with van der Waals surface area (Å²) in [5.74, 6) is 0.551. The topological polar surface area (TPSA) is 266 Å². The standard InChI is InChI=1S/C62H73N11O13S2/c1-38-6-4-5-7-46(38)53-34-69(88(79,80)45-30-55(81-3)59(64-33-45)70-21-25-84-35-39(70)2)19-20-71(53)43-31-62(32-43)14-17-68(18-15-62)42-8-9-47(50(27-42)72-49-13-24-83-37-56(49)86-61-52(72)26-41-10-16-63-58(41)66-61)60(74)67-87(77,78)44-28-51(73(75)76)57-54(29-44)85-36-48(65-57)40-11-22-82-23-12-40/h4-10,16,26-30,33,39-40,43,48-49,53,56,65H,11-15,17-25,31-32,34-37H2,1-3H3,(H,63,66)(H,67,74)/t39-,48-,49-,53-,56-/m0/s1. The number of ether oxygens (including phenoxy) is 6. The summed E-state index contributed by atoms with van der Waals surface area (Å²) in [6.07, 6.45) is 8.51. The number of sulfonamides is 2. The maximum Gasteiger partial charge on any atom is 0.297 e. The summed E-state index contributed by atoms with van der Waals surface area (Å²) in [4.78, 5) is 48.3. The summed E-state index contributed by atoms with van der Waals surface area (Å²) in [7, 11) is -7.17. The zero-order chi connectivity index (χ0) is 60.6. The first-order valence-corrected chi connectivity index (χ1v) is 33.4. The number of anilines is 5. The van der Waals surface area contributed by atoms with Crippen LogP contribution >= 0.6 is 0 Å². The Kier molecular flexibility index (Phi) is 15.4. The smallest absolute Gasteiger partial charge is 0.297 e. The normalized spacial score (nSPS) is 24.5. The van der Waals surface area contributed by atoms with Crippen LogP contribution in [0.5, 0.6) is 17.4 Å². The molecule has 5 saturated heterocycles. The SMILES string of the molecule is COc1cc(S(=O)(=O)N2CCN(C3CC4(CCN(c5ccc(C(=O)NS(=O)(=O)c6cc7c(c([N+](=O)[O-])c6)N[C@H](C6CCOCC6)CO7)c(N6c7cc8cc[nH]c8nc7O[C@H]7COCC[C@@H]76)c5)CC4)C3)[C@H](c3ccccc3C)C2)cnc1N1CCOC[C@@H]1C. The fourth-order valence-corrected chi connectivity index (χ4v) is 17.2. The lowest BCUT2D eigenvalue weighted by Gasteiger charge is -2.58. The lowest BCUT2D eigenvalue weighted by molar-refractivity contribution is -0.384. The number of piperidine rings is 1. The Bertz CT molecular complexity index is 3910. The second-order valence-corrected chi connectivity index (χ2v) is 28.4. The van der Waals surface area contributed by atoms with E-state index in [-0.39, 0.29) is 83.2 Å². The van der Waals surface area contributed by atoms with Gasteiger partial charge in [-0.05, 0) is 112 Å². The van der Waals surface area contributed by atoms with E-state index >= 15 is 0 Å². The van der Waals surface area contributed by atoms with Gasteiger partial charge in [-0.2, -0.15) is 9.29 Å². The Hall–Kier alpha value is -7.33. The van der Waals surface area contributed by atoms with E-state index in [9.17, 15) is 31.7 Å². The molecule has 88 heavy (non-hydrogen) atoms. The number of amides is 1. The van der Waals surface area contributed by atoms with E-state index in [2.05, 4.69) is 53.8 Å². The minimum absolute atomic E-state index is 0.00472. The van der Waals surface area contributed by atoms with Crippen molar-refractivity contribution in [2.24, 2.45) is 11.3 Å². The molecule has 3 N–H and O–H groups in total. The number of aromatic amines is 1. The van der Waals surface area contributed by atoms with Gasteiger partial charge in [-0.3, -0.25) is 19.8 Å². The van der Waals surface area contributed by atoms with Crippen LogP contribution in [0.2, 0.25) is 0 Å². The molecule has 7 aliphatic heterocycles. The summed E-state index contributed by atoms with van der Waals surface area (Å²) in [6.45, 7) is 10.4. The molecule has 1 aliphatic carbocycles. The average molecular weight is 1240 g/mol. The van der Waals surface area contributed by atoms with Crippen molar-refractivity contribution in [2.75, 3.05) is 113 Å². The molecule has 10 heterocycles. The predicted octanol–water partition coefficient (Wildman–Crippen LogP) is 7.31. The molecule has 0 bridgehead atoms. The van der Waals surface area contributed by atoms with Crippen LogP contribution in [0.3, 0.4) is 0 Å². The molecule has 6 aromatic rings. The number of carbonyl (C=O) groups is 1. The number of H-pyrrole nitrogens is 1. The van der Waals surface area contributed by atoms with Gasteiger partial charge < -0.3 is 53.4 Å². The number of hydrogen-bond acceptors (Lipinski definition) is 20. The van der Waals surface area contributed by atoms with Crippen LogP contribution in [-0.2, 0) is 34.3 Å². The average Bonchev–Trinajstić information content (AvgIpc) is 1.05. The second-order valence-electron chi connectivity index (χ2n) is 24.7. The molecule has 1 saturated carbocycles. The zero-order valence-corrected chi connectivity index (χ0v) is 51.1. The molecule has 1 amide bonds. The van der Waals surface area contributed by atoms with E-state index in [1.54, 1.807) is 29.7 Å². The fourth-order valence-electron chi connectivity index (χ4n) is 14.8. The molecule has 0 unspecified atom stereocenters. The minimum Gasteiger partial charge on any atom is -0.493 e. The van der Waals surface area contributed by atoms with Crippen molar-refractivity contribution in [1.82, 2.24) is 28.9 Å². The number of aromatic nitrogens is 3. The van der Waals surface area contributed by atoms with Crippen molar-refractivity contribution in [3.05, 3.63) is 112 Å². The van der Waals surface area contributed by atoms with Crippen molar-refractivity contribution in [1.29, 1.82) is 0 Å². The van der Waals surface area contributed by atoms with Crippen LogP contribution in [0.4, 0.5) is 34.3 Å². The van der Waals surface area contributed by atoms with Gasteiger partial charge in [0.15, 0.2) is 23.0 Å². The van der Waals surface area contributed by atoms with Crippen LogP contribution < -0.4 is 38.9 Å². The van der Waals surface area contributed by atoms with Gasteiger partial charge in [0.1, 0.15) is 28.9 Å². The molecular weight excluding hydrogens is 1170 g/mol. The Labute approximate surface area is 511 Å². The van der Waals surface area contributed by atoms with Crippen LogP contribution in [0.15, 0.2) is 95.0 Å². The molecule has 466 valence electrons. The molecule has 0 radical (unpaired) electrons. The van der Waals surface area contributed by atoms with Crippen LogP contribution in [0.25, 0.3) is 11.0 Å². The van der Waals surface area contributed by atoms with Gasteiger partial charge in [-0.15, -0.1) is 0 Å². The number of pyridine rings is 2. The molecule has 8 aliphatic rings. The number of nitrogens with one attached hydrogen (secondary N) is 3. The molecule has 26 heteroatoms. The number of methoxy groups -OCH3 is 1. The number of fused-ring (bicyclic) bond motifs is 4. The van der Waals surface area contributed by atoms with E-state index in [1.807, 2.05) is 48.2 Å². The lowest BCUT2D eigenvalue weighted by atomic mass is 9.59. The molecule has 3 aromatic heterocycles. The number of benzene rings is 3. The molecule has 5 atom stereocenters. The Morgan fingerprint density at radius 3 is 2.44 bits per heavy atom. The largest absolute Gasteiger partial charge is 0.493 e. The summed E-state index contributed by atoms with van der Waals surface area (Å²) < 4.78 is 97.6. The third-order valence-electron chi connectivity index (χ3n) is 19.7. The molecule has 1 spiro atoms. The maximum atomic E-state index is 15.0. The first-order chi connectivity index (χ1) is 42.5. The van der Waals surface area contributed by atoms with E-state index in [0.717, 1.165) is 79.9 Å². The monoisotopic (exact) mass is 1240 g/mol. The van der Waals surface area contributed by atoms with Gasteiger partial charge in [0.05, 0.1) is 66.1 Å². The number of carbonyl (C=O) groups excluding carboxylic acids is 1. The Morgan fingerprint density at radius 1 is 0.864 bits per heavy atom. The van der Waals surface area contributed by atoms with Gasteiger partial charge >= 0.3 is 0 Å². The van der Waals surface area contributed by atoms with Crippen LogP contribution in [-0.4, -0.2) is 175 Å². The van der Waals surface area contributed by atoms with Crippen molar-refractivity contribution in [3.8, 4) is 17.4 Å². The number of nitro groups is 1. The van der Waals surface area contributed by atoms with Crippen molar-refractivity contribution in [3.63, 3.8) is 0 Å². The summed E-state index contributed by atoms with van der Waals surface area (Å²) in [5.41, 5.74) is 4.43. The van der Waals surface area contributed by atoms with Gasteiger partial charge in [-0.1, -0.05) is 24.3 Å². The number of rotatable bonds is 13. The van der Waals surface area contributed by atoms with Crippen LogP contribution in [0.1, 0.15) is 79.4 Å². The molecular formula is C62H73N11O13S2. The second kappa shape index (κ2) is 23.2. The van der Waals surface area contributed by atoms with Crippen molar-refractivity contribution < 1.29 is 55.0 Å². The van der Waals surface area contributed by atoms with Crippen LogP contribution in [0, 0.1) is 28.4 Å². The predicted molar refractivity (Wildman–Crippen MR) is 327 cm³/mol. The molecule has 24 nitrogen and oxygen atoms in total. The van der Waals surface area contributed by atoms with Gasteiger partial charge in [-0.25, -0.2) is 26.5 Å². The van der Waals surface area contributed by atoms with Crippen molar-refractivity contribution in [2.45, 2.75) is 105 Å². The van der Waals surface area contributed by atoms with Gasteiger partial charge in [0.25, 0.3) is 21.6 Å². The number of nitro benzene ring substituents is 1. The zero-order valence-electron chi connectivity index (χ0n) is 49.5. The first kappa shape index (κ1) is 58.4. The van der Waals surface area contributed by atoms with E-state index in [1.165, 1.54) is 12.3 Å². The van der Waals surface area contributed by atoms with Gasteiger partial charge in [0, 0.05) is 113 Å². The first-order valence-electron chi connectivity index (χ1n) is 30.5. The van der Waals surface area contributed by atoms with Gasteiger partial charge in [0.2, 0.25) is 15.9 Å². The maximum absolute atomic E-state index is 15.0. The number of aryl methyl sites for hydroxylation is 1. The minimum atomic E-state index is -4.75. The van der Waals surface area contributed by atoms with Crippen molar-refractivity contribution >= 4 is 71.2 Å². The molecule has 6 fully saturated rings. The summed E-state index contributed by atoms with van der Waals surface area (Å²) >= 11 is 0. The third kappa shape index (κ3) is 10.7.